The average molecular weight is 346 g/mol. The van der Waals surface area contributed by atoms with Crippen LogP contribution < -0.4 is 0 Å². The van der Waals surface area contributed by atoms with Gasteiger partial charge in [0.1, 0.15) is 5.41 Å². The third-order valence-electron chi connectivity index (χ3n) is 4.87. The van der Waals surface area contributed by atoms with Crippen molar-refractivity contribution in [1.82, 2.24) is 10.1 Å². The van der Waals surface area contributed by atoms with E-state index in [0.717, 1.165) is 0 Å². The second-order valence-electron chi connectivity index (χ2n) is 6.85. The van der Waals surface area contributed by atoms with Gasteiger partial charge in [0.2, 0.25) is 5.89 Å². The lowest BCUT2D eigenvalue weighted by Gasteiger charge is -2.24. The molecule has 26 heavy (non-hydrogen) atoms. The summed E-state index contributed by atoms with van der Waals surface area (Å²) in [5, 5.41) is 3.97. The maximum Gasteiger partial charge on any atom is 0.228 e. The van der Waals surface area contributed by atoms with E-state index in [1.165, 1.54) is 0 Å². The number of Topliss-reactive ketones (excluding diaryl/α,β-unsaturated/α-hetero) is 2. The molecule has 0 bridgehead atoms. The number of nitrogens with zero attached hydrogens (tertiary/aromatic N) is 2. The molecule has 0 amide bonds. The van der Waals surface area contributed by atoms with Crippen molar-refractivity contribution in [3.05, 3.63) is 83.0 Å². The van der Waals surface area contributed by atoms with E-state index in [-0.39, 0.29) is 23.9 Å². The molecule has 5 nitrogen and oxygen atoms in total. The van der Waals surface area contributed by atoms with Gasteiger partial charge in [-0.2, -0.15) is 4.98 Å². The van der Waals surface area contributed by atoms with Crippen molar-refractivity contribution in [3.8, 4) is 0 Å². The molecule has 5 heteroatoms. The van der Waals surface area contributed by atoms with Gasteiger partial charge in [0.05, 0.1) is 6.42 Å². The van der Waals surface area contributed by atoms with Crippen LogP contribution in [0.5, 0.6) is 0 Å². The molecule has 0 unspecified atom stereocenters. The fourth-order valence-electron chi connectivity index (χ4n) is 3.49. The lowest BCUT2D eigenvalue weighted by molar-refractivity contribution is 0.0783. The van der Waals surface area contributed by atoms with Gasteiger partial charge in [0.15, 0.2) is 17.4 Å². The average Bonchev–Trinajstić information content (AvgIpc) is 3.21. The van der Waals surface area contributed by atoms with Crippen LogP contribution in [0.1, 0.15) is 57.8 Å². The Kier molecular flexibility index (Phi) is 3.80. The van der Waals surface area contributed by atoms with Gasteiger partial charge < -0.3 is 4.52 Å². The zero-order valence-electron chi connectivity index (χ0n) is 14.6. The zero-order chi connectivity index (χ0) is 18.3. The molecule has 2 aromatic carbocycles. The van der Waals surface area contributed by atoms with Crippen molar-refractivity contribution in [3.63, 3.8) is 0 Å². The molecule has 1 aliphatic rings. The van der Waals surface area contributed by atoms with Crippen molar-refractivity contribution in [2.24, 2.45) is 0 Å². The summed E-state index contributed by atoms with van der Waals surface area (Å²) < 4.78 is 5.36. The fraction of sp³-hybridized carbons (Fsp3) is 0.238. The molecular weight excluding hydrogens is 328 g/mol. The van der Waals surface area contributed by atoms with E-state index >= 15 is 0 Å². The molecular formula is C21H18N2O3. The Morgan fingerprint density at radius 3 is 2.04 bits per heavy atom. The van der Waals surface area contributed by atoms with E-state index in [9.17, 15) is 9.59 Å². The minimum atomic E-state index is -1.36. The molecule has 0 atom stereocenters. The van der Waals surface area contributed by atoms with Crippen LogP contribution in [0.2, 0.25) is 0 Å². The molecule has 130 valence electrons. The van der Waals surface area contributed by atoms with E-state index in [2.05, 4.69) is 10.1 Å². The summed E-state index contributed by atoms with van der Waals surface area (Å²) in [6, 6.07) is 16.1. The smallest absolute Gasteiger partial charge is 0.228 e. The summed E-state index contributed by atoms with van der Waals surface area (Å²) in [6.45, 7) is 3.92. The van der Waals surface area contributed by atoms with Crippen LogP contribution in [0.4, 0.5) is 0 Å². The summed E-state index contributed by atoms with van der Waals surface area (Å²) in [5.74, 6) is 0.542. The normalized spacial score (nSPS) is 15.5. The van der Waals surface area contributed by atoms with Gasteiger partial charge in [-0.1, -0.05) is 73.6 Å². The lowest BCUT2D eigenvalue weighted by atomic mass is 9.73. The largest absolute Gasteiger partial charge is 0.339 e. The Bertz CT molecular complexity index is 954. The van der Waals surface area contributed by atoms with Crippen LogP contribution >= 0.6 is 0 Å². The third kappa shape index (κ3) is 2.31. The first-order valence-electron chi connectivity index (χ1n) is 8.60. The Labute approximate surface area is 151 Å². The minimum absolute atomic E-state index is 0.0586. The second kappa shape index (κ2) is 6.02. The summed E-state index contributed by atoms with van der Waals surface area (Å²) in [6.07, 6.45) is 0.0586. The maximum absolute atomic E-state index is 13.4. The first-order chi connectivity index (χ1) is 12.5. The van der Waals surface area contributed by atoms with Crippen LogP contribution in [-0.2, 0) is 11.8 Å². The highest BCUT2D eigenvalue weighted by Gasteiger charge is 2.55. The van der Waals surface area contributed by atoms with Crippen molar-refractivity contribution < 1.29 is 14.1 Å². The molecule has 1 heterocycles. The Hall–Kier alpha value is -3.08. The molecule has 0 spiro atoms. The van der Waals surface area contributed by atoms with Crippen LogP contribution in [0, 0.1) is 0 Å². The number of rotatable bonds is 4. The highest BCUT2D eigenvalue weighted by molar-refractivity contribution is 6.33. The Morgan fingerprint density at radius 2 is 1.50 bits per heavy atom. The van der Waals surface area contributed by atoms with Gasteiger partial charge in [0.25, 0.3) is 0 Å². The molecule has 0 radical (unpaired) electrons. The lowest BCUT2D eigenvalue weighted by Crippen LogP contribution is -2.40. The highest BCUT2D eigenvalue weighted by atomic mass is 16.5. The van der Waals surface area contributed by atoms with Gasteiger partial charge in [-0.05, 0) is 5.56 Å². The fourth-order valence-corrected chi connectivity index (χ4v) is 3.49. The van der Waals surface area contributed by atoms with Crippen LogP contribution in [0.3, 0.4) is 0 Å². The molecule has 0 aliphatic heterocycles. The van der Waals surface area contributed by atoms with Crippen LogP contribution in [0.15, 0.2) is 59.1 Å². The molecule has 0 N–H and O–H groups in total. The number of carbonyl (C=O) groups is 2. The van der Waals surface area contributed by atoms with E-state index in [1.54, 1.807) is 36.4 Å². The molecule has 0 saturated carbocycles. The number of fused-ring (bicyclic) bond motifs is 1. The van der Waals surface area contributed by atoms with Crippen molar-refractivity contribution in [2.75, 3.05) is 0 Å². The predicted octanol–water partition coefficient (Wildman–Crippen LogP) is 3.75. The number of carbonyl (C=O) groups excluding carboxylic acids is 2. The van der Waals surface area contributed by atoms with Gasteiger partial charge in [-0.25, -0.2) is 0 Å². The van der Waals surface area contributed by atoms with Crippen LogP contribution in [-0.4, -0.2) is 21.7 Å². The van der Waals surface area contributed by atoms with E-state index in [1.807, 2.05) is 32.0 Å². The second-order valence-corrected chi connectivity index (χ2v) is 6.85. The van der Waals surface area contributed by atoms with E-state index in [4.69, 9.17) is 4.52 Å². The van der Waals surface area contributed by atoms with E-state index in [0.29, 0.717) is 28.4 Å². The van der Waals surface area contributed by atoms with Crippen molar-refractivity contribution >= 4 is 11.6 Å². The SMILES string of the molecule is CC(C)c1noc(CC2(c3ccccc3)C(=O)c3ccccc3C2=O)n1. The number of ketones is 2. The summed E-state index contributed by atoms with van der Waals surface area (Å²) in [4.78, 5) is 31.1. The molecule has 0 saturated heterocycles. The maximum atomic E-state index is 13.4. The molecule has 3 aromatic rings. The third-order valence-corrected chi connectivity index (χ3v) is 4.87. The highest BCUT2D eigenvalue weighted by Crippen LogP contribution is 2.42. The molecule has 1 aromatic heterocycles. The number of aromatic nitrogens is 2. The van der Waals surface area contributed by atoms with Gasteiger partial charge >= 0.3 is 0 Å². The number of benzene rings is 2. The standard InChI is InChI=1S/C21H18N2O3/c1-13(2)20-22-17(26-23-20)12-21(14-8-4-3-5-9-14)18(24)15-10-6-7-11-16(15)19(21)25/h3-11,13H,12H2,1-2H3. The summed E-state index contributed by atoms with van der Waals surface area (Å²) >= 11 is 0. The van der Waals surface area contributed by atoms with Gasteiger partial charge in [0, 0.05) is 17.0 Å². The topological polar surface area (TPSA) is 73.1 Å². The number of hydrogen-bond donors (Lipinski definition) is 0. The molecule has 1 aliphatic carbocycles. The molecule has 0 fully saturated rings. The first kappa shape index (κ1) is 16.4. The minimum Gasteiger partial charge on any atom is -0.339 e. The monoisotopic (exact) mass is 346 g/mol. The van der Waals surface area contributed by atoms with E-state index < -0.39 is 5.41 Å². The van der Waals surface area contributed by atoms with Crippen molar-refractivity contribution in [1.29, 1.82) is 0 Å². The molecule has 4 rings (SSSR count). The quantitative estimate of drug-likeness (QED) is 0.673. The van der Waals surface area contributed by atoms with Crippen LogP contribution in [0.25, 0.3) is 0 Å². The van der Waals surface area contributed by atoms with Crippen molar-refractivity contribution in [2.45, 2.75) is 31.6 Å². The Morgan fingerprint density at radius 1 is 0.923 bits per heavy atom. The summed E-state index contributed by atoms with van der Waals surface area (Å²) in [7, 11) is 0. The zero-order valence-corrected chi connectivity index (χ0v) is 14.6. The Balaban J connectivity index is 1.87. The van der Waals surface area contributed by atoms with Gasteiger partial charge in [-0.15, -0.1) is 0 Å². The number of hydrogen-bond acceptors (Lipinski definition) is 5. The summed E-state index contributed by atoms with van der Waals surface area (Å²) in [5.41, 5.74) is 0.191. The van der Waals surface area contributed by atoms with Gasteiger partial charge in [-0.3, -0.25) is 9.59 Å². The predicted molar refractivity (Wildman–Crippen MR) is 95.3 cm³/mol. The first-order valence-corrected chi connectivity index (χ1v) is 8.60.